The van der Waals surface area contributed by atoms with Crippen LogP contribution in [0.25, 0.3) is 0 Å². The van der Waals surface area contributed by atoms with Gasteiger partial charge in [0.05, 0.1) is 6.04 Å². The Morgan fingerprint density at radius 2 is 2.06 bits per heavy atom. The van der Waals surface area contributed by atoms with Gasteiger partial charge in [0.25, 0.3) is 17.9 Å². The number of carboxylic acid groups (broad SMARTS) is 1. The summed E-state index contributed by atoms with van der Waals surface area (Å²) in [5.41, 5.74) is -0.356. The van der Waals surface area contributed by atoms with Crippen molar-refractivity contribution >= 4 is 24.1 Å². The van der Waals surface area contributed by atoms with E-state index in [1.807, 2.05) is 0 Å². The molecule has 1 saturated heterocycles. The minimum Gasteiger partial charge on any atom is -0.501 e. The van der Waals surface area contributed by atoms with E-state index < -0.39 is 17.2 Å². The van der Waals surface area contributed by atoms with Crippen molar-refractivity contribution in [3.8, 4) is 5.75 Å². The number of hydrogen-bond donors (Lipinski definition) is 4. The van der Waals surface area contributed by atoms with Crippen molar-refractivity contribution in [1.29, 1.82) is 0 Å². The first-order valence-electron chi connectivity index (χ1n) is 9.55. The lowest BCUT2D eigenvalue weighted by atomic mass is 10.2. The summed E-state index contributed by atoms with van der Waals surface area (Å²) in [5, 5.41) is 19.6. The molecule has 1 fully saturated rings. The summed E-state index contributed by atoms with van der Waals surface area (Å²) in [5.74, 6) is 0.364. The van der Waals surface area contributed by atoms with Gasteiger partial charge < -0.3 is 20.5 Å². The molecule has 31 heavy (non-hydrogen) atoms. The van der Waals surface area contributed by atoms with E-state index in [0.29, 0.717) is 11.4 Å². The molecule has 0 radical (unpaired) electrons. The monoisotopic (exact) mass is 452 g/mol. The zero-order chi connectivity index (χ0) is 23.0. The number of aromatic nitrogens is 2. The van der Waals surface area contributed by atoms with Gasteiger partial charge in [-0.3, -0.25) is 19.3 Å². The largest absolute Gasteiger partial charge is 0.501 e. The van der Waals surface area contributed by atoms with Crippen molar-refractivity contribution in [3.63, 3.8) is 0 Å². The first kappa shape index (κ1) is 24.4. The van der Waals surface area contributed by atoms with Crippen molar-refractivity contribution in [2.45, 2.75) is 32.5 Å². The molecule has 1 aliphatic rings. The molecule has 1 aromatic carbocycles. The Morgan fingerprint density at radius 1 is 1.42 bits per heavy atom. The molecule has 3 rings (SSSR count). The number of nitrogens with zero attached hydrogens (tertiary/aromatic N) is 2. The Morgan fingerprint density at radius 3 is 2.68 bits per heavy atom. The highest BCUT2D eigenvalue weighted by Crippen LogP contribution is 2.29. The van der Waals surface area contributed by atoms with E-state index in [2.05, 4.69) is 34.0 Å². The average molecular weight is 453 g/mol. The van der Waals surface area contributed by atoms with Crippen molar-refractivity contribution in [2.75, 3.05) is 18.1 Å². The maximum atomic E-state index is 13.0. The van der Waals surface area contributed by atoms with Gasteiger partial charge >= 0.3 is 0 Å². The first-order chi connectivity index (χ1) is 14.8. The number of amides is 1. The Bertz CT molecular complexity index is 952. The summed E-state index contributed by atoms with van der Waals surface area (Å²) in [4.78, 5) is 42.2. The van der Waals surface area contributed by atoms with Crippen LogP contribution in [0.2, 0.25) is 0 Å². The van der Waals surface area contributed by atoms with Gasteiger partial charge in [-0.15, -0.1) is 0 Å². The molecule has 9 nitrogen and oxygen atoms in total. The van der Waals surface area contributed by atoms with E-state index >= 15 is 0 Å². The first-order valence-corrected chi connectivity index (χ1v) is 10.7. The van der Waals surface area contributed by atoms with Crippen LogP contribution in [-0.2, 0) is 11.3 Å². The van der Waals surface area contributed by atoms with E-state index in [1.165, 1.54) is 12.1 Å². The minimum atomic E-state index is -0.740. The number of hydrogen-bond acceptors (Lipinski definition) is 7. The van der Waals surface area contributed by atoms with Gasteiger partial charge in [0.2, 0.25) is 5.75 Å². The molecule has 2 aromatic rings. The lowest BCUT2D eigenvalue weighted by Gasteiger charge is -2.37. The molecule has 0 bridgehead atoms. The van der Waals surface area contributed by atoms with E-state index in [4.69, 9.17) is 9.90 Å². The molecular formula is C20H25FN4O5S. The van der Waals surface area contributed by atoms with Gasteiger partial charge in [-0.05, 0) is 31.5 Å². The molecule has 2 heterocycles. The SMILES string of the molecule is CC(C)N1CCSCC1c1nc(C(=O)NCc2ccc(F)cc2)c(O)c(=O)[nH]1.O=CO. The number of thioether (sulfide) groups is 1. The van der Waals surface area contributed by atoms with Crippen LogP contribution < -0.4 is 10.9 Å². The third-order valence-electron chi connectivity index (χ3n) is 4.64. The maximum absolute atomic E-state index is 13.0. The van der Waals surface area contributed by atoms with E-state index in [1.54, 1.807) is 23.9 Å². The van der Waals surface area contributed by atoms with E-state index in [0.717, 1.165) is 18.1 Å². The second-order valence-electron chi connectivity index (χ2n) is 6.99. The second-order valence-corrected chi connectivity index (χ2v) is 8.14. The molecule has 1 atom stereocenters. The van der Waals surface area contributed by atoms with Gasteiger partial charge in [-0.25, -0.2) is 9.37 Å². The number of carbonyl (C=O) groups is 2. The van der Waals surface area contributed by atoms with Crippen LogP contribution in [0, 0.1) is 5.82 Å². The molecule has 0 aliphatic carbocycles. The summed E-state index contributed by atoms with van der Waals surface area (Å²) in [6.45, 7) is 4.86. The quantitative estimate of drug-likeness (QED) is 0.504. The van der Waals surface area contributed by atoms with Crippen molar-refractivity contribution in [1.82, 2.24) is 20.2 Å². The van der Waals surface area contributed by atoms with Gasteiger partial charge in [0.15, 0.2) is 5.69 Å². The van der Waals surface area contributed by atoms with Gasteiger partial charge in [0.1, 0.15) is 11.6 Å². The zero-order valence-corrected chi connectivity index (χ0v) is 18.0. The molecule has 4 N–H and O–H groups in total. The van der Waals surface area contributed by atoms with E-state index in [-0.39, 0.29) is 36.6 Å². The predicted octanol–water partition coefficient (Wildman–Crippen LogP) is 1.74. The van der Waals surface area contributed by atoms with Crippen LogP contribution in [0.3, 0.4) is 0 Å². The van der Waals surface area contributed by atoms with Gasteiger partial charge in [-0.2, -0.15) is 11.8 Å². The predicted molar refractivity (Wildman–Crippen MR) is 115 cm³/mol. The van der Waals surface area contributed by atoms with Crippen LogP contribution in [0.1, 0.15) is 41.8 Å². The fourth-order valence-electron chi connectivity index (χ4n) is 3.14. The van der Waals surface area contributed by atoms with Crippen LogP contribution in [-0.4, -0.2) is 61.6 Å². The molecule has 1 amide bonds. The molecular weight excluding hydrogens is 427 g/mol. The van der Waals surface area contributed by atoms with Crippen LogP contribution in [0.5, 0.6) is 5.75 Å². The van der Waals surface area contributed by atoms with Crippen LogP contribution in [0.4, 0.5) is 4.39 Å². The van der Waals surface area contributed by atoms with Crippen LogP contribution in [0.15, 0.2) is 29.1 Å². The lowest BCUT2D eigenvalue weighted by molar-refractivity contribution is -0.122. The molecule has 11 heteroatoms. The molecule has 168 valence electrons. The summed E-state index contributed by atoms with van der Waals surface area (Å²) in [7, 11) is 0. The Hall–Kier alpha value is -2.92. The number of rotatable bonds is 5. The highest BCUT2D eigenvalue weighted by atomic mass is 32.2. The van der Waals surface area contributed by atoms with Gasteiger partial charge in [-0.1, -0.05) is 12.1 Å². The topological polar surface area (TPSA) is 136 Å². The highest BCUT2D eigenvalue weighted by molar-refractivity contribution is 7.99. The fraction of sp³-hybridized carbons (Fsp3) is 0.400. The maximum Gasteiger partial charge on any atom is 0.293 e. The Balaban J connectivity index is 0.00000107. The van der Waals surface area contributed by atoms with Crippen molar-refractivity contribution in [3.05, 3.63) is 57.5 Å². The standard InChI is InChI=1S/C19H23FN4O3S.CH2O2/c1-11(2)24-7-8-28-10-14(24)17-22-15(16(25)19(27)23-17)18(26)21-9-12-3-5-13(20)6-4-12;2-1-3/h3-6,11,14,25H,7-10H2,1-2H3,(H,21,26)(H,22,23,27);1H,(H,2,3). The normalized spacial score (nSPS) is 16.3. The second kappa shape index (κ2) is 11.5. The Kier molecular flexibility index (Phi) is 9.01. The number of carbonyl (C=O) groups excluding carboxylic acids is 1. The number of H-pyrrole nitrogens is 1. The molecule has 1 aromatic heterocycles. The number of aromatic hydroxyl groups is 1. The number of benzene rings is 1. The molecule has 0 saturated carbocycles. The summed E-state index contributed by atoms with van der Waals surface area (Å²) < 4.78 is 13.0. The summed E-state index contributed by atoms with van der Waals surface area (Å²) >= 11 is 1.75. The number of aromatic amines is 1. The molecule has 1 aliphatic heterocycles. The Labute approximate surface area is 182 Å². The smallest absolute Gasteiger partial charge is 0.293 e. The summed E-state index contributed by atoms with van der Waals surface area (Å²) in [6.07, 6.45) is 0. The van der Waals surface area contributed by atoms with E-state index in [9.17, 15) is 19.1 Å². The minimum absolute atomic E-state index is 0.125. The number of nitrogens with one attached hydrogen (secondary N) is 2. The third-order valence-corrected chi connectivity index (χ3v) is 5.67. The average Bonchev–Trinajstić information content (AvgIpc) is 2.75. The van der Waals surface area contributed by atoms with Crippen molar-refractivity contribution in [2.24, 2.45) is 0 Å². The molecule has 0 spiro atoms. The third kappa shape index (κ3) is 6.53. The van der Waals surface area contributed by atoms with Crippen molar-refractivity contribution < 1.29 is 24.2 Å². The highest BCUT2D eigenvalue weighted by Gasteiger charge is 2.30. The molecule has 1 unspecified atom stereocenters. The van der Waals surface area contributed by atoms with Crippen LogP contribution >= 0.6 is 11.8 Å². The number of halogens is 1. The zero-order valence-electron chi connectivity index (χ0n) is 17.2. The van der Waals surface area contributed by atoms with Gasteiger partial charge in [0, 0.05) is 30.6 Å². The fourth-order valence-corrected chi connectivity index (χ4v) is 4.22. The lowest BCUT2D eigenvalue weighted by Crippen LogP contribution is -2.42. The summed E-state index contributed by atoms with van der Waals surface area (Å²) in [6, 6.07) is 5.79.